The van der Waals surface area contributed by atoms with Crippen molar-refractivity contribution < 1.29 is 17.9 Å². The molecule has 2 aliphatic rings. The van der Waals surface area contributed by atoms with Gasteiger partial charge in [-0.1, -0.05) is 25.3 Å². The van der Waals surface area contributed by atoms with Crippen molar-refractivity contribution in [2.24, 2.45) is 0 Å². The van der Waals surface area contributed by atoms with E-state index in [1.54, 1.807) is 7.05 Å². The summed E-state index contributed by atoms with van der Waals surface area (Å²) in [6.07, 6.45) is 5.97. The molecule has 0 radical (unpaired) electrons. The van der Waals surface area contributed by atoms with Crippen LogP contribution in [0.25, 0.3) is 0 Å². The van der Waals surface area contributed by atoms with Crippen LogP contribution in [0.4, 0.5) is 0 Å². The Bertz CT molecular complexity index is 641. The molecule has 1 heterocycles. The monoisotopic (exact) mass is 340 g/mol. The predicted molar refractivity (Wildman–Crippen MR) is 87.8 cm³/mol. The van der Waals surface area contributed by atoms with Crippen LogP contribution in [0.2, 0.25) is 0 Å². The number of nitrogens with zero attached hydrogens (tertiary/aromatic N) is 1. The number of nitrogens with one attached hydrogen (secondary N) is 1. The second kappa shape index (κ2) is 7.07. The van der Waals surface area contributed by atoms with Gasteiger partial charge >= 0.3 is 0 Å². The summed E-state index contributed by atoms with van der Waals surface area (Å²) < 4.78 is 39.6. The molecule has 1 aliphatic heterocycles. The maximum Gasteiger partial charge on any atom is 0.279 e. The van der Waals surface area contributed by atoms with E-state index in [1.165, 1.54) is 10.7 Å². The van der Waals surface area contributed by atoms with E-state index in [-0.39, 0.29) is 12.8 Å². The zero-order chi connectivity index (χ0) is 16.3. The Kier molecular flexibility index (Phi) is 5.08. The summed E-state index contributed by atoms with van der Waals surface area (Å²) >= 11 is 0. The molecule has 3 rings (SSSR count). The summed E-state index contributed by atoms with van der Waals surface area (Å²) in [4.78, 5) is 0. The fraction of sp³-hybridized carbons (Fsp3) is 0.625. The summed E-state index contributed by atoms with van der Waals surface area (Å²) in [5.41, 5.74) is 1.03. The molecule has 0 saturated heterocycles. The first-order valence-corrected chi connectivity index (χ1v) is 9.61. The Morgan fingerprint density at radius 2 is 1.91 bits per heavy atom. The van der Waals surface area contributed by atoms with Gasteiger partial charge < -0.3 is 9.47 Å². The lowest BCUT2D eigenvalue weighted by molar-refractivity contribution is 0.174. The topological polar surface area (TPSA) is 67.9 Å². The van der Waals surface area contributed by atoms with Gasteiger partial charge in [0.1, 0.15) is 0 Å². The standard InChI is InChI=1S/C16H24N2O4S/c1-18(14-5-3-2-4-6-14)23(19,20)17-10-9-13-7-8-15-16(11-13)22-12-21-15/h7-8,11,14,17H,2-6,9-10,12H2,1H3. The van der Waals surface area contributed by atoms with Crippen molar-refractivity contribution in [3.8, 4) is 11.5 Å². The molecule has 0 bridgehead atoms. The van der Waals surface area contributed by atoms with E-state index in [0.717, 1.165) is 42.7 Å². The predicted octanol–water partition coefficient (Wildman–Crippen LogP) is 2.06. The van der Waals surface area contributed by atoms with Gasteiger partial charge in [0.2, 0.25) is 6.79 Å². The average Bonchev–Trinajstić information content (AvgIpc) is 3.02. The van der Waals surface area contributed by atoms with E-state index in [4.69, 9.17) is 9.47 Å². The zero-order valence-electron chi connectivity index (χ0n) is 13.5. The molecular weight excluding hydrogens is 316 g/mol. The summed E-state index contributed by atoms with van der Waals surface area (Å²) in [6, 6.07) is 5.83. The van der Waals surface area contributed by atoms with Crippen molar-refractivity contribution >= 4 is 10.2 Å². The highest BCUT2D eigenvalue weighted by Crippen LogP contribution is 2.32. The Hall–Kier alpha value is -1.31. The van der Waals surface area contributed by atoms with Gasteiger partial charge in [-0.2, -0.15) is 12.7 Å². The molecule has 1 aliphatic carbocycles. The molecular formula is C16H24N2O4S. The van der Waals surface area contributed by atoms with Crippen molar-refractivity contribution in [1.82, 2.24) is 9.03 Å². The fourth-order valence-electron chi connectivity index (χ4n) is 3.16. The number of fused-ring (bicyclic) bond motifs is 1. The van der Waals surface area contributed by atoms with E-state index < -0.39 is 10.2 Å². The van der Waals surface area contributed by atoms with Crippen molar-refractivity contribution in [2.45, 2.75) is 44.6 Å². The van der Waals surface area contributed by atoms with Crippen LogP contribution in [0.3, 0.4) is 0 Å². The molecule has 1 fully saturated rings. The molecule has 0 aromatic heterocycles. The van der Waals surface area contributed by atoms with Crippen molar-refractivity contribution in [1.29, 1.82) is 0 Å². The lowest BCUT2D eigenvalue weighted by Crippen LogP contribution is -2.45. The summed E-state index contributed by atoms with van der Waals surface area (Å²) in [7, 11) is -1.73. The minimum atomic E-state index is -3.41. The van der Waals surface area contributed by atoms with Crippen LogP contribution in [0.15, 0.2) is 18.2 Å². The fourth-order valence-corrected chi connectivity index (χ4v) is 4.33. The van der Waals surface area contributed by atoms with E-state index in [9.17, 15) is 8.42 Å². The largest absolute Gasteiger partial charge is 0.454 e. The van der Waals surface area contributed by atoms with Crippen LogP contribution in [0.5, 0.6) is 11.5 Å². The maximum atomic E-state index is 12.4. The Morgan fingerprint density at radius 3 is 2.70 bits per heavy atom. The minimum Gasteiger partial charge on any atom is -0.454 e. The number of hydrogen-bond acceptors (Lipinski definition) is 4. The highest BCUT2D eigenvalue weighted by Gasteiger charge is 2.27. The molecule has 128 valence electrons. The Balaban J connectivity index is 1.52. The smallest absolute Gasteiger partial charge is 0.279 e. The third-order valence-electron chi connectivity index (χ3n) is 4.60. The molecule has 1 N–H and O–H groups in total. The molecule has 1 aromatic rings. The number of rotatable bonds is 6. The first-order valence-electron chi connectivity index (χ1n) is 8.17. The molecule has 1 aromatic carbocycles. The minimum absolute atomic E-state index is 0.131. The van der Waals surface area contributed by atoms with E-state index in [1.807, 2.05) is 18.2 Å². The summed E-state index contributed by atoms with van der Waals surface area (Å²) in [5, 5.41) is 0. The molecule has 0 spiro atoms. The molecule has 0 amide bonds. The van der Waals surface area contributed by atoms with Gasteiger partial charge in [-0.05, 0) is 37.0 Å². The number of hydrogen-bond donors (Lipinski definition) is 1. The molecule has 0 atom stereocenters. The third-order valence-corrected chi connectivity index (χ3v) is 6.23. The number of ether oxygens (including phenoxy) is 2. The highest BCUT2D eigenvalue weighted by molar-refractivity contribution is 7.87. The van der Waals surface area contributed by atoms with Crippen LogP contribution in [0.1, 0.15) is 37.7 Å². The van der Waals surface area contributed by atoms with E-state index in [0.29, 0.717) is 13.0 Å². The summed E-state index contributed by atoms with van der Waals surface area (Å²) in [5.74, 6) is 1.47. The van der Waals surface area contributed by atoms with Gasteiger partial charge in [-0.15, -0.1) is 0 Å². The van der Waals surface area contributed by atoms with Crippen LogP contribution in [-0.2, 0) is 16.6 Å². The normalized spacial score (nSPS) is 18.5. The van der Waals surface area contributed by atoms with Gasteiger partial charge in [-0.3, -0.25) is 0 Å². The van der Waals surface area contributed by atoms with Gasteiger partial charge in [-0.25, -0.2) is 4.72 Å². The SMILES string of the molecule is CN(C1CCCCC1)S(=O)(=O)NCCc1ccc2c(c1)OCO2. The Labute approximate surface area is 138 Å². The maximum absolute atomic E-state index is 12.4. The second-order valence-electron chi connectivity index (χ2n) is 6.15. The van der Waals surface area contributed by atoms with E-state index >= 15 is 0 Å². The average molecular weight is 340 g/mol. The summed E-state index contributed by atoms with van der Waals surface area (Å²) in [6.45, 7) is 0.622. The van der Waals surface area contributed by atoms with Crippen LogP contribution in [0, 0.1) is 0 Å². The highest BCUT2D eigenvalue weighted by atomic mass is 32.2. The molecule has 1 saturated carbocycles. The van der Waals surface area contributed by atoms with Crippen LogP contribution in [-0.4, -0.2) is 39.2 Å². The van der Waals surface area contributed by atoms with Crippen molar-refractivity contribution in [3.63, 3.8) is 0 Å². The van der Waals surface area contributed by atoms with Gasteiger partial charge in [0.25, 0.3) is 10.2 Å². The van der Waals surface area contributed by atoms with Crippen LogP contribution < -0.4 is 14.2 Å². The van der Waals surface area contributed by atoms with Crippen molar-refractivity contribution in [3.05, 3.63) is 23.8 Å². The molecule has 0 unspecified atom stereocenters. The number of benzene rings is 1. The first-order chi connectivity index (χ1) is 11.1. The van der Waals surface area contributed by atoms with Crippen molar-refractivity contribution in [2.75, 3.05) is 20.4 Å². The molecule has 6 nitrogen and oxygen atoms in total. The lowest BCUT2D eigenvalue weighted by Gasteiger charge is -2.30. The van der Waals surface area contributed by atoms with Gasteiger partial charge in [0.05, 0.1) is 0 Å². The molecule has 23 heavy (non-hydrogen) atoms. The first kappa shape index (κ1) is 16.5. The van der Waals surface area contributed by atoms with Gasteiger partial charge in [0, 0.05) is 19.6 Å². The Morgan fingerprint density at radius 1 is 1.17 bits per heavy atom. The molecule has 7 heteroatoms. The second-order valence-corrected chi connectivity index (χ2v) is 7.96. The lowest BCUT2D eigenvalue weighted by atomic mass is 9.96. The van der Waals surface area contributed by atoms with E-state index in [2.05, 4.69) is 4.72 Å². The van der Waals surface area contributed by atoms with Gasteiger partial charge in [0.15, 0.2) is 11.5 Å². The zero-order valence-corrected chi connectivity index (χ0v) is 14.3. The quantitative estimate of drug-likeness (QED) is 0.861. The van der Waals surface area contributed by atoms with Crippen LogP contribution >= 0.6 is 0 Å². The third kappa shape index (κ3) is 3.97.